The van der Waals surface area contributed by atoms with Gasteiger partial charge in [0.1, 0.15) is 5.82 Å². The van der Waals surface area contributed by atoms with Gasteiger partial charge >= 0.3 is 6.18 Å². The number of alkyl halides is 3. The molecule has 1 heterocycles. The number of aromatic nitrogens is 2. The Morgan fingerprint density at radius 1 is 1.03 bits per heavy atom. The Bertz CT molecular complexity index is 1080. The predicted octanol–water partition coefficient (Wildman–Crippen LogP) is 5.91. The molecule has 3 atom stereocenters. The number of aryl methyl sites for hydroxylation is 1. The third-order valence-electron chi connectivity index (χ3n) is 6.14. The van der Waals surface area contributed by atoms with Crippen molar-refractivity contribution >= 4 is 22.8 Å². The lowest BCUT2D eigenvalue weighted by molar-refractivity contribution is -0.251. The third-order valence-corrected chi connectivity index (χ3v) is 6.14. The first-order chi connectivity index (χ1) is 14.8. The summed E-state index contributed by atoms with van der Waals surface area (Å²) in [4.78, 5) is 12.6. The van der Waals surface area contributed by atoms with E-state index in [1.807, 2.05) is 30.3 Å². The van der Waals surface area contributed by atoms with Crippen molar-refractivity contribution in [1.82, 2.24) is 9.97 Å². The van der Waals surface area contributed by atoms with Crippen molar-refractivity contribution in [3.05, 3.63) is 66.1 Å². The summed E-state index contributed by atoms with van der Waals surface area (Å²) in [7, 11) is 0. The molecule has 0 bridgehead atoms. The number of aliphatic imine (C=N–C) groups is 1. The van der Waals surface area contributed by atoms with Crippen LogP contribution in [0.1, 0.15) is 43.0 Å². The quantitative estimate of drug-likeness (QED) is 0.527. The summed E-state index contributed by atoms with van der Waals surface area (Å²) in [6, 6.07) is 14.2. The van der Waals surface area contributed by atoms with E-state index in [0.717, 1.165) is 12.0 Å². The molecule has 1 fully saturated rings. The molecule has 1 aliphatic carbocycles. The molecule has 0 spiro atoms. The minimum atomic E-state index is -4.86. The Morgan fingerprint density at radius 3 is 2.52 bits per heavy atom. The van der Waals surface area contributed by atoms with Gasteiger partial charge in [-0.3, -0.25) is 4.99 Å². The van der Waals surface area contributed by atoms with Crippen LogP contribution in [-0.2, 0) is 0 Å². The number of fused-ring (bicyclic) bond motifs is 1. The molecule has 4 nitrogen and oxygen atoms in total. The highest BCUT2D eigenvalue weighted by Crippen LogP contribution is 2.48. The first kappa shape index (κ1) is 21.4. The van der Waals surface area contributed by atoms with E-state index in [9.17, 15) is 18.3 Å². The van der Waals surface area contributed by atoms with E-state index in [1.165, 1.54) is 0 Å². The van der Waals surface area contributed by atoms with Gasteiger partial charge in [0.25, 0.3) is 0 Å². The van der Waals surface area contributed by atoms with Crippen LogP contribution in [0, 0.1) is 12.8 Å². The Kier molecular flexibility index (Phi) is 5.79. The summed E-state index contributed by atoms with van der Waals surface area (Å²) < 4.78 is 42.8. The molecule has 162 valence electrons. The second-order valence-corrected chi connectivity index (χ2v) is 8.12. The zero-order valence-electron chi connectivity index (χ0n) is 17.2. The Balaban J connectivity index is 1.76. The van der Waals surface area contributed by atoms with Crippen LogP contribution in [0.5, 0.6) is 0 Å². The molecule has 4 rings (SSSR count). The smallest absolute Gasteiger partial charge is 0.375 e. The number of hydrogen-bond donors (Lipinski definition) is 1. The van der Waals surface area contributed by atoms with Crippen molar-refractivity contribution in [2.45, 2.75) is 50.3 Å². The lowest BCUT2D eigenvalue weighted by Crippen LogP contribution is -2.55. The number of rotatable bonds is 4. The van der Waals surface area contributed by atoms with Gasteiger partial charge in [-0.15, -0.1) is 0 Å². The summed E-state index contributed by atoms with van der Waals surface area (Å²) in [5, 5.41) is 11.6. The zero-order chi connectivity index (χ0) is 22.1. The van der Waals surface area contributed by atoms with Gasteiger partial charge in [-0.2, -0.15) is 13.2 Å². The van der Waals surface area contributed by atoms with Crippen molar-refractivity contribution in [3.63, 3.8) is 0 Å². The van der Waals surface area contributed by atoms with Crippen molar-refractivity contribution < 1.29 is 18.3 Å². The lowest BCUT2D eigenvalue weighted by Gasteiger charge is -2.42. The molecular weight excluding hydrogens is 403 g/mol. The van der Waals surface area contributed by atoms with Crippen molar-refractivity contribution in [3.8, 4) is 0 Å². The van der Waals surface area contributed by atoms with Gasteiger partial charge in [0.15, 0.2) is 5.60 Å². The maximum Gasteiger partial charge on any atom is 0.422 e. The molecule has 1 aromatic heterocycles. The molecule has 3 unspecified atom stereocenters. The first-order valence-corrected chi connectivity index (χ1v) is 10.4. The molecule has 1 N–H and O–H groups in total. The standard InChI is InChI=1S/C24H24F3N3O/c1-16-28-14-19-21(12-7-13-22(19)30-16)29-15-23(31,24(25,26)27)20-11-6-5-10-18(20)17-8-3-2-4-9-17/h2-4,7-9,12-15,18,20,31H,5-6,10-11H2,1H3. The molecule has 1 saturated carbocycles. The van der Waals surface area contributed by atoms with Crippen LogP contribution in [0.15, 0.2) is 59.7 Å². The van der Waals surface area contributed by atoms with Crippen LogP contribution in [0.3, 0.4) is 0 Å². The topological polar surface area (TPSA) is 58.4 Å². The largest absolute Gasteiger partial charge is 0.422 e. The van der Waals surface area contributed by atoms with Crippen LogP contribution in [0.4, 0.5) is 18.9 Å². The molecular formula is C24H24F3N3O. The molecule has 7 heteroatoms. The average molecular weight is 427 g/mol. The van der Waals surface area contributed by atoms with Gasteiger partial charge in [-0.25, -0.2) is 9.97 Å². The van der Waals surface area contributed by atoms with Crippen LogP contribution < -0.4 is 0 Å². The van der Waals surface area contributed by atoms with E-state index in [-0.39, 0.29) is 6.42 Å². The van der Waals surface area contributed by atoms with E-state index >= 15 is 0 Å². The zero-order valence-corrected chi connectivity index (χ0v) is 17.2. The van der Waals surface area contributed by atoms with Gasteiger partial charge in [-0.1, -0.05) is 49.2 Å². The molecule has 0 saturated heterocycles. The predicted molar refractivity (Wildman–Crippen MR) is 115 cm³/mol. The highest BCUT2D eigenvalue weighted by atomic mass is 19.4. The second kappa shape index (κ2) is 8.38. The molecule has 2 aromatic carbocycles. The van der Waals surface area contributed by atoms with Crippen molar-refractivity contribution in [1.29, 1.82) is 0 Å². The third kappa shape index (κ3) is 4.19. The lowest BCUT2D eigenvalue weighted by atomic mass is 9.67. The summed E-state index contributed by atoms with van der Waals surface area (Å²) >= 11 is 0. The number of hydrogen-bond acceptors (Lipinski definition) is 4. The fraction of sp³-hybridized carbons (Fsp3) is 0.375. The fourth-order valence-corrected chi connectivity index (χ4v) is 4.55. The minimum Gasteiger partial charge on any atom is -0.375 e. The Labute approximate surface area is 178 Å². The highest BCUT2D eigenvalue weighted by molar-refractivity contribution is 5.91. The van der Waals surface area contributed by atoms with Gasteiger partial charge in [0.2, 0.25) is 0 Å². The summed E-state index contributed by atoms with van der Waals surface area (Å²) in [5.74, 6) is -0.847. The monoisotopic (exact) mass is 427 g/mol. The van der Waals surface area contributed by atoms with Crippen LogP contribution in [0.2, 0.25) is 0 Å². The van der Waals surface area contributed by atoms with Gasteiger partial charge < -0.3 is 5.11 Å². The van der Waals surface area contributed by atoms with Crippen LogP contribution in [0.25, 0.3) is 10.9 Å². The second-order valence-electron chi connectivity index (χ2n) is 8.12. The number of aliphatic hydroxyl groups is 1. The molecule has 3 aromatic rings. The van der Waals surface area contributed by atoms with Crippen LogP contribution >= 0.6 is 0 Å². The molecule has 0 amide bonds. The van der Waals surface area contributed by atoms with E-state index in [2.05, 4.69) is 15.0 Å². The average Bonchev–Trinajstić information content (AvgIpc) is 2.77. The van der Waals surface area contributed by atoms with Gasteiger partial charge in [-0.05, 0) is 43.4 Å². The Hall–Kier alpha value is -2.80. The summed E-state index contributed by atoms with van der Waals surface area (Å²) in [6.45, 7) is 1.74. The summed E-state index contributed by atoms with van der Waals surface area (Å²) in [5.41, 5.74) is -1.33. The van der Waals surface area contributed by atoms with Crippen LogP contribution in [-0.4, -0.2) is 33.1 Å². The van der Waals surface area contributed by atoms with Gasteiger partial charge in [0.05, 0.1) is 11.2 Å². The fourth-order valence-electron chi connectivity index (χ4n) is 4.55. The first-order valence-electron chi connectivity index (χ1n) is 10.4. The molecule has 31 heavy (non-hydrogen) atoms. The maximum atomic E-state index is 14.3. The van der Waals surface area contributed by atoms with E-state index in [4.69, 9.17) is 0 Å². The summed E-state index contributed by atoms with van der Waals surface area (Å²) in [6.07, 6.45) is -0.272. The Morgan fingerprint density at radius 2 is 1.77 bits per heavy atom. The van der Waals surface area contributed by atoms with Gasteiger partial charge in [0, 0.05) is 23.7 Å². The SMILES string of the molecule is Cc1ncc2c(N=CC(O)(C3CCCCC3c3ccccc3)C(F)(F)F)cccc2n1. The number of benzene rings is 2. The normalized spacial score (nSPS) is 22.0. The van der Waals surface area contributed by atoms with E-state index in [1.54, 1.807) is 31.3 Å². The molecule has 0 radical (unpaired) electrons. The van der Waals surface area contributed by atoms with E-state index < -0.39 is 23.6 Å². The number of halogens is 3. The molecule has 1 aliphatic rings. The minimum absolute atomic E-state index is 0.277. The number of nitrogens with zero attached hydrogens (tertiary/aromatic N) is 3. The maximum absolute atomic E-state index is 14.3. The molecule has 0 aliphatic heterocycles. The van der Waals surface area contributed by atoms with Crippen molar-refractivity contribution in [2.24, 2.45) is 10.9 Å². The highest BCUT2D eigenvalue weighted by Gasteiger charge is 2.59. The van der Waals surface area contributed by atoms with Crippen molar-refractivity contribution in [2.75, 3.05) is 0 Å². The van der Waals surface area contributed by atoms with E-state index in [0.29, 0.717) is 41.5 Å².